The fourth-order valence-electron chi connectivity index (χ4n) is 2.09. The van der Waals surface area contributed by atoms with Gasteiger partial charge in [-0.25, -0.2) is 0 Å². The van der Waals surface area contributed by atoms with Crippen LogP contribution in [-0.4, -0.2) is 7.05 Å². The molecule has 4 heteroatoms. The van der Waals surface area contributed by atoms with E-state index >= 15 is 0 Å². The highest BCUT2D eigenvalue weighted by molar-refractivity contribution is 6.35. The zero-order valence-corrected chi connectivity index (χ0v) is 13.9. The standard InChI is InChI=1S/C17H19Cl2NO/c1-11-4-7-17(15(8-11)12(2)20-3)21-10-13-5-6-14(18)9-16(13)19/h4-9,12,20H,10H2,1-3H3. The highest BCUT2D eigenvalue weighted by Crippen LogP contribution is 2.28. The molecule has 2 nitrogen and oxygen atoms in total. The maximum atomic E-state index is 6.17. The lowest BCUT2D eigenvalue weighted by Gasteiger charge is -2.17. The van der Waals surface area contributed by atoms with Crippen molar-refractivity contribution < 1.29 is 4.74 Å². The molecule has 0 amide bonds. The van der Waals surface area contributed by atoms with Gasteiger partial charge in [-0.05, 0) is 39.1 Å². The molecule has 0 radical (unpaired) electrons. The Morgan fingerprint density at radius 1 is 1.14 bits per heavy atom. The van der Waals surface area contributed by atoms with Crippen LogP contribution in [0.4, 0.5) is 0 Å². The van der Waals surface area contributed by atoms with Gasteiger partial charge in [-0.3, -0.25) is 0 Å². The molecule has 0 aliphatic rings. The summed E-state index contributed by atoms with van der Waals surface area (Å²) in [6.07, 6.45) is 0. The van der Waals surface area contributed by atoms with E-state index in [4.69, 9.17) is 27.9 Å². The maximum absolute atomic E-state index is 6.17. The Bertz CT molecular complexity index is 628. The van der Waals surface area contributed by atoms with Crippen molar-refractivity contribution in [3.63, 3.8) is 0 Å². The molecule has 2 aromatic carbocycles. The highest BCUT2D eigenvalue weighted by Gasteiger charge is 2.11. The number of aryl methyl sites for hydroxylation is 1. The van der Waals surface area contributed by atoms with Gasteiger partial charge in [-0.2, -0.15) is 0 Å². The average molecular weight is 324 g/mol. The molecule has 0 aliphatic heterocycles. The van der Waals surface area contributed by atoms with Crippen LogP contribution in [0.25, 0.3) is 0 Å². The first-order chi connectivity index (χ1) is 10.0. The summed E-state index contributed by atoms with van der Waals surface area (Å²) >= 11 is 12.1. The Hall–Kier alpha value is -1.22. The van der Waals surface area contributed by atoms with Crippen molar-refractivity contribution in [3.8, 4) is 5.75 Å². The number of rotatable bonds is 5. The molecule has 2 rings (SSSR count). The van der Waals surface area contributed by atoms with Gasteiger partial charge in [0.15, 0.2) is 0 Å². The van der Waals surface area contributed by atoms with Crippen LogP contribution >= 0.6 is 23.2 Å². The first-order valence-electron chi connectivity index (χ1n) is 6.86. The Morgan fingerprint density at radius 3 is 2.57 bits per heavy atom. The van der Waals surface area contributed by atoms with Crippen molar-refractivity contribution in [2.75, 3.05) is 7.05 Å². The monoisotopic (exact) mass is 323 g/mol. The van der Waals surface area contributed by atoms with E-state index in [9.17, 15) is 0 Å². The second-order valence-corrected chi connectivity index (χ2v) is 5.92. The Morgan fingerprint density at radius 2 is 1.90 bits per heavy atom. The lowest BCUT2D eigenvalue weighted by Crippen LogP contribution is -2.14. The number of hydrogen-bond donors (Lipinski definition) is 1. The van der Waals surface area contributed by atoms with Crippen molar-refractivity contribution in [1.29, 1.82) is 0 Å². The maximum Gasteiger partial charge on any atom is 0.124 e. The van der Waals surface area contributed by atoms with E-state index in [-0.39, 0.29) is 6.04 Å². The van der Waals surface area contributed by atoms with Crippen LogP contribution in [0.2, 0.25) is 10.0 Å². The van der Waals surface area contributed by atoms with E-state index < -0.39 is 0 Å². The number of halogens is 2. The molecular weight excluding hydrogens is 305 g/mol. The predicted molar refractivity (Wildman–Crippen MR) is 89.4 cm³/mol. The first-order valence-corrected chi connectivity index (χ1v) is 7.61. The molecular formula is C17H19Cl2NO. The topological polar surface area (TPSA) is 21.3 Å². The Balaban J connectivity index is 2.19. The first kappa shape index (κ1) is 16.2. The smallest absolute Gasteiger partial charge is 0.124 e. The van der Waals surface area contributed by atoms with E-state index in [0.717, 1.165) is 16.9 Å². The van der Waals surface area contributed by atoms with Crippen LogP contribution in [0.3, 0.4) is 0 Å². The van der Waals surface area contributed by atoms with Crippen molar-refractivity contribution in [2.24, 2.45) is 0 Å². The number of ether oxygens (including phenoxy) is 1. The van der Waals surface area contributed by atoms with Crippen LogP contribution < -0.4 is 10.1 Å². The summed E-state index contributed by atoms with van der Waals surface area (Å²) in [5.74, 6) is 0.869. The summed E-state index contributed by atoms with van der Waals surface area (Å²) < 4.78 is 5.95. The molecule has 0 heterocycles. The van der Waals surface area contributed by atoms with Gasteiger partial charge in [0.25, 0.3) is 0 Å². The number of nitrogens with one attached hydrogen (secondary N) is 1. The van der Waals surface area contributed by atoms with Crippen LogP contribution in [-0.2, 0) is 6.61 Å². The average Bonchev–Trinajstić information content (AvgIpc) is 2.46. The molecule has 2 aromatic rings. The quantitative estimate of drug-likeness (QED) is 0.820. The van der Waals surface area contributed by atoms with Crippen LogP contribution in [0.5, 0.6) is 5.75 Å². The number of benzene rings is 2. The molecule has 1 atom stereocenters. The van der Waals surface area contributed by atoms with Gasteiger partial charge in [0, 0.05) is 27.2 Å². The molecule has 0 fully saturated rings. The minimum Gasteiger partial charge on any atom is -0.489 e. The third-order valence-corrected chi connectivity index (χ3v) is 4.05. The summed E-state index contributed by atoms with van der Waals surface area (Å²) in [7, 11) is 1.94. The van der Waals surface area contributed by atoms with E-state index in [1.807, 2.05) is 31.3 Å². The Kier molecular flexibility index (Phi) is 5.51. The second kappa shape index (κ2) is 7.17. The molecule has 0 saturated carbocycles. The highest BCUT2D eigenvalue weighted by atomic mass is 35.5. The molecule has 0 saturated heterocycles. The molecule has 1 N–H and O–H groups in total. The van der Waals surface area contributed by atoms with Gasteiger partial charge in [0.1, 0.15) is 12.4 Å². The summed E-state index contributed by atoms with van der Waals surface area (Å²) in [5.41, 5.74) is 3.27. The van der Waals surface area contributed by atoms with E-state index in [1.165, 1.54) is 5.56 Å². The van der Waals surface area contributed by atoms with Crippen molar-refractivity contribution in [1.82, 2.24) is 5.32 Å². The van der Waals surface area contributed by atoms with Crippen LogP contribution in [0, 0.1) is 6.92 Å². The molecule has 112 valence electrons. The van der Waals surface area contributed by atoms with E-state index in [2.05, 4.69) is 25.2 Å². The Labute approximate surface area is 136 Å². The second-order valence-electron chi connectivity index (χ2n) is 5.08. The lowest BCUT2D eigenvalue weighted by molar-refractivity contribution is 0.300. The van der Waals surface area contributed by atoms with Gasteiger partial charge < -0.3 is 10.1 Å². The fourth-order valence-corrected chi connectivity index (χ4v) is 2.55. The molecule has 0 spiro atoms. The van der Waals surface area contributed by atoms with Gasteiger partial charge in [0.05, 0.1) is 0 Å². The summed E-state index contributed by atoms with van der Waals surface area (Å²) in [6.45, 7) is 4.60. The third kappa shape index (κ3) is 4.13. The largest absolute Gasteiger partial charge is 0.489 e. The molecule has 0 bridgehead atoms. The molecule has 1 unspecified atom stereocenters. The van der Waals surface area contributed by atoms with Crippen LogP contribution in [0.15, 0.2) is 36.4 Å². The molecule has 0 aromatic heterocycles. The van der Waals surface area contributed by atoms with Gasteiger partial charge in [0.2, 0.25) is 0 Å². The third-order valence-electron chi connectivity index (χ3n) is 3.46. The van der Waals surface area contributed by atoms with Crippen molar-refractivity contribution >= 4 is 23.2 Å². The van der Waals surface area contributed by atoms with Gasteiger partial charge in [-0.1, -0.05) is 47.0 Å². The summed E-state index contributed by atoms with van der Waals surface area (Å²) in [5, 5.41) is 4.49. The molecule has 21 heavy (non-hydrogen) atoms. The lowest BCUT2D eigenvalue weighted by atomic mass is 10.0. The zero-order valence-electron chi connectivity index (χ0n) is 12.4. The number of hydrogen-bond acceptors (Lipinski definition) is 2. The van der Waals surface area contributed by atoms with E-state index in [0.29, 0.717) is 16.7 Å². The van der Waals surface area contributed by atoms with Gasteiger partial charge >= 0.3 is 0 Å². The summed E-state index contributed by atoms with van der Waals surface area (Å²) in [4.78, 5) is 0. The molecule has 0 aliphatic carbocycles. The van der Waals surface area contributed by atoms with Gasteiger partial charge in [-0.15, -0.1) is 0 Å². The minimum atomic E-state index is 0.223. The SMILES string of the molecule is CNC(C)c1cc(C)ccc1OCc1ccc(Cl)cc1Cl. The zero-order chi connectivity index (χ0) is 15.4. The van der Waals surface area contributed by atoms with E-state index in [1.54, 1.807) is 6.07 Å². The minimum absolute atomic E-state index is 0.223. The predicted octanol–water partition coefficient (Wildman–Crippen LogP) is 5.16. The summed E-state index contributed by atoms with van der Waals surface area (Å²) in [6, 6.07) is 11.8. The van der Waals surface area contributed by atoms with Crippen molar-refractivity contribution in [3.05, 3.63) is 63.1 Å². The van der Waals surface area contributed by atoms with Crippen molar-refractivity contribution in [2.45, 2.75) is 26.5 Å². The van der Waals surface area contributed by atoms with Crippen LogP contribution in [0.1, 0.15) is 29.7 Å². The normalized spacial score (nSPS) is 12.2. The fraction of sp³-hybridized carbons (Fsp3) is 0.294.